The number of hydrogen-bond donors (Lipinski definition) is 1. The zero-order valence-electron chi connectivity index (χ0n) is 13.2. The molecule has 1 aromatic heterocycles. The van der Waals surface area contributed by atoms with E-state index in [1.807, 2.05) is 6.07 Å². The van der Waals surface area contributed by atoms with Gasteiger partial charge in [0.05, 0.1) is 24.2 Å². The van der Waals surface area contributed by atoms with Crippen molar-refractivity contribution in [2.24, 2.45) is 0 Å². The van der Waals surface area contributed by atoms with Crippen molar-refractivity contribution in [2.45, 2.75) is 44.3 Å². The highest BCUT2D eigenvalue weighted by atomic mass is 35.5. The molecular formula is C17H16ClF3N2O2. The molecule has 25 heavy (non-hydrogen) atoms. The minimum absolute atomic E-state index is 0.0162. The molecule has 1 fully saturated rings. The van der Waals surface area contributed by atoms with Gasteiger partial charge in [-0.25, -0.2) is 0 Å². The van der Waals surface area contributed by atoms with Gasteiger partial charge in [-0.1, -0.05) is 17.7 Å². The number of aliphatic carboxylic acids is 1. The van der Waals surface area contributed by atoms with Crippen LogP contribution >= 0.6 is 11.6 Å². The van der Waals surface area contributed by atoms with Crippen molar-refractivity contribution in [1.29, 1.82) is 0 Å². The molecule has 1 aromatic carbocycles. The lowest BCUT2D eigenvalue weighted by molar-refractivity contribution is -0.138. The van der Waals surface area contributed by atoms with Crippen LogP contribution < -0.4 is 0 Å². The predicted octanol–water partition coefficient (Wildman–Crippen LogP) is 4.50. The second kappa shape index (κ2) is 6.71. The van der Waals surface area contributed by atoms with Crippen LogP contribution in [0.5, 0.6) is 0 Å². The van der Waals surface area contributed by atoms with Crippen LogP contribution in [-0.4, -0.2) is 20.9 Å². The van der Waals surface area contributed by atoms with Crippen LogP contribution in [0.15, 0.2) is 24.3 Å². The molecule has 1 N–H and O–H groups in total. The minimum atomic E-state index is -4.44. The van der Waals surface area contributed by atoms with Crippen molar-refractivity contribution in [3.8, 4) is 0 Å². The average molecular weight is 373 g/mol. The summed E-state index contributed by atoms with van der Waals surface area (Å²) in [7, 11) is 0. The number of carbonyl (C=O) groups is 1. The smallest absolute Gasteiger partial charge is 0.416 e. The molecule has 8 heteroatoms. The van der Waals surface area contributed by atoms with Gasteiger partial charge < -0.3 is 5.11 Å². The van der Waals surface area contributed by atoms with Gasteiger partial charge in [0.2, 0.25) is 0 Å². The van der Waals surface area contributed by atoms with Crippen LogP contribution in [0.3, 0.4) is 0 Å². The summed E-state index contributed by atoms with van der Waals surface area (Å²) in [6, 6.07) is 5.12. The molecule has 4 nitrogen and oxygen atoms in total. The Morgan fingerprint density at radius 3 is 2.60 bits per heavy atom. The number of alkyl halides is 3. The SMILES string of the molecule is O=C(O)CCc1cc(C2CC2)nn1Cc1ccc(C(F)(F)F)cc1Cl. The fraction of sp³-hybridized carbons (Fsp3) is 0.412. The maximum Gasteiger partial charge on any atom is 0.416 e. The Bertz CT molecular complexity index is 798. The summed E-state index contributed by atoms with van der Waals surface area (Å²) >= 11 is 6.01. The standard InChI is InChI=1S/C17H16ClF3N2O2/c18-14-7-12(17(19,20)21)4-3-11(14)9-23-13(5-6-16(24)25)8-15(22-23)10-1-2-10/h3-4,7-8,10H,1-2,5-6,9H2,(H,24,25). The van der Waals surface area contributed by atoms with Gasteiger partial charge in [-0.2, -0.15) is 18.3 Å². The summed E-state index contributed by atoms with van der Waals surface area (Å²) in [4.78, 5) is 10.8. The third-order valence-corrected chi connectivity index (χ3v) is 4.53. The van der Waals surface area contributed by atoms with Crippen LogP contribution in [0.4, 0.5) is 13.2 Å². The van der Waals surface area contributed by atoms with E-state index in [2.05, 4.69) is 5.10 Å². The molecule has 1 aliphatic carbocycles. The number of benzene rings is 1. The second-order valence-corrected chi connectivity index (χ2v) is 6.60. The Balaban J connectivity index is 1.85. The molecule has 2 aromatic rings. The number of halogens is 4. The minimum Gasteiger partial charge on any atom is -0.481 e. The molecule has 1 heterocycles. The summed E-state index contributed by atoms with van der Waals surface area (Å²) in [5.74, 6) is -0.513. The number of rotatable bonds is 6. The maximum atomic E-state index is 12.7. The highest BCUT2D eigenvalue weighted by Gasteiger charge is 2.31. The second-order valence-electron chi connectivity index (χ2n) is 6.19. The fourth-order valence-corrected chi connectivity index (χ4v) is 2.88. The number of nitrogens with zero attached hydrogens (tertiary/aromatic N) is 2. The van der Waals surface area contributed by atoms with Gasteiger partial charge in [0.1, 0.15) is 0 Å². The van der Waals surface area contributed by atoms with Crippen LogP contribution in [0.2, 0.25) is 5.02 Å². The molecule has 0 amide bonds. The first-order valence-corrected chi connectivity index (χ1v) is 8.26. The van der Waals surface area contributed by atoms with Crippen molar-refractivity contribution in [2.75, 3.05) is 0 Å². The Morgan fingerprint density at radius 1 is 1.32 bits per heavy atom. The number of hydrogen-bond acceptors (Lipinski definition) is 2. The van der Waals surface area contributed by atoms with Crippen molar-refractivity contribution in [3.63, 3.8) is 0 Å². The van der Waals surface area contributed by atoms with Gasteiger partial charge in [-0.3, -0.25) is 9.48 Å². The monoisotopic (exact) mass is 372 g/mol. The van der Waals surface area contributed by atoms with Gasteiger partial charge in [0.15, 0.2) is 0 Å². The van der Waals surface area contributed by atoms with Gasteiger partial charge in [0, 0.05) is 16.6 Å². The molecule has 1 aliphatic rings. The van der Waals surface area contributed by atoms with Crippen LogP contribution in [-0.2, 0) is 23.9 Å². The first-order valence-electron chi connectivity index (χ1n) is 7.88. The normalized spacial score (nSPS) is 14.7. The van der Waals surface area contributed by atoms with E-state index in [1.165, 1.54) is 6.07 Å². The van der Waals surface area contributed by atoms with E-state index in [0.717, 1.165) is 36.4 Å². The molecule has 134 valence electrons. The zero-order chi connectivity index (χ0) is 18.2. The van der Waals surface area contributed by atoms with Crippen molar-refractivity contribution >= 4 is 17.6 Å². The van der Waals surface area contributed by atoms with Gasteiger partial charge in [-0.05, 0) is 43.0 Å². The molecule has 0 saturated heterocycles. The lowest BCUT2D eigenvalue weighted by Crippen LogP contribution is -2.10. The number of aryl methyl sites for hydroxylation is 1. The first kappa shape index (κ1) is 17.8. The molecule has 3 rings (SSSR count). The molecule has 0 radical (unpaired) electrons. The molecule has 0 bridgehead atoms. The maximum absolute atomic E-state index is 12.7. The molecule has 0 spiro atoms. The van der Waals surface area contributed by atoms with E-state index in [-0.39, 0.29) is 18.0 Å². The Morgan fingerprint density at radius 2 is 2.04 bits per heavy atom. The number of carboxylic acid groups (broad SMARTS) is 1. The molecule has 0 unspecified atom stereocenters. The van der Waals surface area contributed by atoms with Gasteiger partial charge >= 0.3 is 12.1 Å². The van der Waals surface area contributed by atoms with E-state index in [0.29, 0.717) is 17.9 Å². The van der Waals surface area contributed by atoms with Crippen LogP contribution in [0.1, 0.15) is 47.7 Å². The van der Waals surface area contributed by atoms with Crippen molar-refractivity contribution < 1.29 is 23.1 Å². The number of carboxylic acids is 1. The van der Waals surface area contributed by atoms with E-state index in [1.54, 1.807) is 4.68 Å². The van der Waals surface area contributed by atoms with E-state index >= 15 is 0 Å². The van der Waals surface area contributed by atoms with Gasteiger partial charge in [-0.15, -0.1) is 0 Å². The summed E-state index contributed by atoms with van der Waals surface area (Å²) in [6.07, 6.45) is -2.06. The lowest BCUT2D eigenvalue weighted by atomic mass is 10.1. The summed E-state index contributed by atoms with van der Waals surface area (Å²) < 4.78 is 39.8. The van der Waals surface area contributed by atoms with Crippen LogP contribution in [0.25, 0.3) is 0 Å². The van der Waals surface area contributed by atoms with Crippen molar-refractivity contribution in [1.82, 2.24) is 9.78 Å². The Hall–Kier alpha value is -2.02. The molecule has 0 atom stereocenters. The van der Waals surface area contributed by atoms with Crippen molar-refractivity contribution in [3.05, 3.63) is 51.8 Å². The molecule has 0 aliphatic heterocycles. The average Bonchev–Trinajstić information content (AvgIpc) is 3.28. The first-order chi connectivity index (χ1) is 11.7. The summed E-state index contributed by atoms with van der Waals surface area (Å²) in [5.41, 5.74) is 1.37. The van der Waals surface area contributed by atoms with E-state index in [9.17, 15) is 18.0 Å². The highest BCUT2D eigenvalue weighted by Crippen LogP contribution is 2.39. The third-order valence-electron chi connectivity index (χ3n) is 4.17. The Kier molecular flexibility index (Phi) is 4.77. The molecular weight excluding hydrogens is 357 g/mol. The molecule has 1 saturated carbocycles. The predicted molar refractivity (Wildman–Crippen MR) is 85.7 cm³/mol. The summed E-state index contributed by atoms with van der Waals surface area (Å²) in [5, 5.41) is 13.4. The lowest BCUT2D eigenvalue weighted by Gasteiger charge is -2.11. The number of aromatic nitrogens is 2. The largest absolute Gasteiger partial charge is 0.481 e. The van der Waals surface area contributed by atoms with E-state index < -0.39 is 17.7 Å². The van der Waals surface area contributed by atoms with Gasteiger partial charge in [0.25, 0.3) is 0 Å². The van der Waals surface area contributed by atoms with Crippen LogP contribution in [0, 0.1) is 0 Å². The highest BCUT2D eigenvalue weighted by molar-refractivity contribution is 6.31. The van der Waals surface area contributed by atoms with E-state index in [4.69, 9.17) is 16.7 Å². The zero-order valence-corrected chi connectivity index (χ0v) is 13.9. The third kappa shape index (κ3) is 4.34. The fourth-order valence-electron chi connectivity index (χ4n) is 2.64. The Labute approximate surface area is 147 Å². The quantitative estimate of drug-likeness (QED) is 0.812. The summed E-state index contributed by atoms with van der Waals surface area (Å²) in [6.45, 7) is 0.207. The topological polar surface area (TPSA) is 55.1 Å².